The van der Waals surface area contributed by atoms with E-state index >= 15 is 0 Å². The van der Waals surface area contributed by atoms with E-state index in [-0.39, 0.29) is 43.2 Å². The van der Waals surface area contributed by atoms with Crippen molar-refractivity contribution in [2.24, 2.45) is 5.92 Å². The lowest BCUT2D eigenvalue weighted by Crippen LogP contribution is -2.30. The third-order valence-electron chi connectivity index (χ3n) is 6.52. The van der Waals surface area contributed by atoms with E-state index < -0.39 is 0 Å². The topological polar surface area (TPSA) is 130 Å². The second kappa shape index (κ2) is 8.16. The van der Waals surface area contributed by atoms with E-state index in [9.17, 15) is 20.0 Å². The number of aliphatic hydroxyl groups excluding tert-OH is 1. The van der Waals surface area contributed by atoms with Gasteiger partial charge in [0, 0.05) is 30.6 Å². The molecule has 3 aromatic rings. The molecular weight excluding hydrogens is 410 g/mol. The number of anilines is 1. The molecule has 3 aromatic heterocycles. The Morgan fingerprint density at radius 3 is 2.62 bits per heavy atom. The molecular formula is C22H23N7O3. The first-order valence-corrected chi connectivity index (χ1v) is 10.8. The molecule has 2 amide bonds. The predicted octanol–water partition coefficient (Wildman–Crippen LogP) is 2.54. The minimum absolute atomic E-state index is 0.137. The standard InChI is InChI=1S/C22H23N7O3/c23-9-7-17(14-3-1-2-4-14)28-11-16(22(26-28)29-18(31)5-6-19(29)32)20-15-8-10-27(13-30)21(15)25-12-24-20/h8,10-12,14,17,30H,1-7,13H2/t17-/m1/s1. The van der Waals surface area contributed by atoms with Crippen LogP contribution in [0.4, 0.5) is 5.82 Å². The minimum Gasteiger partial charge on any atom is -0.376 e. The van der Waals surface area contributed by atoms with Crippen LogP contribution in [0.5, 0.6) is 0 Å². The van der Waals surface area contributed by atoms with Crippen molar-refractivity contribution in [3.05, 3.63) is 24.8 Å². The third kappa shape index (κ3) is 3.26. The van der Waals surface area contributed by atoms with Gasteiger partial charge in [0.2, 0.25) is 11.8 Å². The van der Waals surface area contributed by atoms with Gasteiger partial charge in [0.05, 0.1) is 29.8 Å². The Hall–Kier alpha value is -3.58. The summed E-state index contributed by atoms with van der Waals surface area (Å²) < 4.78 is 3.33. The molecule has 164 valence electrons. The van der Waals surface area contributed by atoms with E-state index in [1.54, 1.807) is 27.7 Å². The maximum atomic E-state index is 12.6. The molecule has 4 heterocycles. The van der Waals surface area contributed by atoms with Crippen molar-refractivity contribution in [3.8, 4) is 17.3 Å². The largest absolute Gasteiger partial charge is 0.376 e. The summed E-state index contributed by atoms with van der Waals surface area (Å²) in [5.74, 6) is -0.0221. The summed E-state index contributed by atoms with van der Waals surface area (Å²) >= 11 is 0. The Labute approximate surface area is 184 Å². The molecule has 10 nitrogen and oxygen atoms in total. The monoisotopic (exact) mass is 433 g/mol. The molecule has 1 saturated heterocycles. The zero-order valence-corrected chi connectivity index (χ0v) is 17.5. The van der Waals surface area contributed by atoms with Crippen LogP contribution >= 0.6 is 0 Å². The number of aromatic nitrogens is 5. The number of imide groups is 1. The van der Waals surface area contributed by atoms with Gasteiger partial charge in [-0.25, -0.2) is 14.9 Å². The first-order chi connectivity index (χ1) is 15.6. The van der Waals surface area contributed by atoms with Gasteiger partial charge in [0.15, 0.2) is 5.82 Å². The van der Waals surface area contributed by atoms with Crippen LogP contribution in [0.2, 0.25) is 0 Å². The molecule has 0 unspecified atom stereocenters. The van der Waals surface area contributed by atoms with E-state index in [2.05, 4.69) is 16.0 Å². The Balaban J connectivity index is 1.69. The lowest BCUT2D eigenvalue weighted by molar-refractivity contribution is -0.121. The predicted molar refractivity (Wildman–Crippen MR) is 114 cm³/mol. The average molecular weight is 433 g/mol. The van der Waals surface area contributed by atoms with Gasteiger partial charge in [0.1, 0.15) is 18.7 Å². The minimum atomic E-state index is -0.294. The van der Waals surface area contributed by atoms with Gasteiger partial charge in [-0.15, -0.1) is 0 Å². The fraction of sp³-hybridized carbons (Fsp3) is 0.455. The highest BCUT2D eigenvalue weighted by molar-refractivity contribution is 6.21. The number of carbonyl (C=O) groups is 2. The molecule has 10 heteroatoms. The Morgan fingerprint density at radius 1 is 1.19 bits per heavy atom. The number of aliphatic hydroxyl groups is 1. The number of hydrogen-bond acceptors (Lipinski definition) is 7. The van der Waals surface area contributed by atoms with Gasteiger partial charge >= 0.3 is 0 Å². The zero-order chi connectivity index (χ0) is 22.2. The van der Waals surface area contributed by atoms with E-state index in [4.69, 9.17) is 5.10 Å². The number of carbonyl (C=O) groups excluding carboxylic acids is 2. The van der Waals surface area contributed by atoms with Crippen LogP contribution in [0.3, 0.4) is 0 Å². The fourth-order valence-electron chi connectivity index (χ4n) is 4.94. The van der Waals surface area contributed by atoms with Crippen molar-refractivity contribution in [3.63, 3.8) is 0 Å². The van der Waals surface area contributed by atoms with Crippen LogP contribution in [0.15, 0.2) is 24.8 Å². The van der Waals surface area contributed by atoms with Crippen molar-refractivity contribution in [1.29, 1.82) is 5.26 Å². The molecule has 0 radical (unpaired) electrons. The number of nitrogens with zero attached hydrogens (tertiary/aromatic N) is 7. The van der Waals surface area contributed by atoms with Gasteiger partial charge in [-0.2, -0.15) is 10.4 Å². The molecule has 5 rings (SSSR count). The molecule has 2 aliphatic rings. The Morgan fingerprint density at radius 2 is 1.94 bits per heavy atom. The number of rotatable bonds is 6. The summed E-state index contributed by atoms with van der Waals surface area (Å²) in [5, 5.41) is 24.4. The van der Waals surface area contributed by atoms with E-state index in [1.165, 1.54) is 6.33 Å². The molecule has 32 heavy (non-hydrogen) atoms. The molecule has 2 fully saturated rings. The number of amides is 2. The smallest absolute Gasteiger partial charge is 0.235 e. The second-order valence-electron chi connectivity index (χ2n) is 8.33. The van der Waals surface area contributed by atoms with Gasteiger partial charge in [-0.3, -0.25) is 14.3 Å². The lowest BCUT2D eigenvalue weighted by Gasteiger charge is -2.21. The van der Waals surface area contributed by atoms with E-state index in [0.717, 1.165) is 30.6 Å². The third-order valence-corrected chi connectivity index (χ3v) is 6.52. The quantitative estimate of drug-likeness (QED) is 0.591. The molecule has 1 atom stereocenters. The van der Waals surface area contributed by atoms with Crippen LogP contribution in [0.25, 0.3) is 22.3 Å². The number of nitriles is 1. The first kappa shape index (κ1) is 20.3. The highest BCUT2D eigenvalue weighted by Gasteiger charge is 2.36. The van der Waals surface area contributed by atoms with Crippen LogP contribution < -0.4 is 4.90 Å². The highest BCUT2D eigenvalue weighted by atomic mass is 16.3. The SMILES string of the molecule is N#CC[C@H](C1CCCC1)n1cc(-c2ncnc3c2ccn3CO)c(N2C(=O)CCC2=O)n1. The van der Waals surface area contributed by atoms with Gasteiger partial charge in [-0.05, 0) is 24.8 Å². The molecule has 1 saturated carbocycles. The van der Waals surface area contributed by atoms with Gasteiger partial charge in [-0.1, -0.05) is 12.8 Å². The molecule has 1 aliphatic carbocycles. The maximum Gasteiger partial charge on any atom is 0.235 e. The summed E-state index contributed by atoms with van der Waals surface area (Å²) in [6.45, 7) is -0.235. The lowest BCUT2D eigenvalue weighted by atomic mass is 9.96. The summed E-state index contributed by atoms with van der Waals surface area (Å²) in [6, 6.07) is 3.93. The normalized spacial score (nSPS) is 18.1. The van der Waals surface area contributed by atoms with Crippen LogP contribution in [-0.2, 0) is 16.3 Å². The van der Waals surface area contributed by atoms with Crippen molar-refractivity contribution in [1.82, 2.24) is 24.3 Å². The number of hydrogen-bond donors (Lipinski definition) is 1. The first-order valence-electron chi connectivity index (χ1n) is 10.8. The van der Waals surface area contributed by atoms with E-state index in [0.29, 0.717) is 34.6 Å². The summed E-state index contributed by atoms with van der Waals surface area (Å²) in [6.07, 6.45) is 9.78. The summed E-state index contributed by atoms with van der Waals surface area (Å²) in [7, 11) is 0. The van der Waals surface area contributed by atoms with Crippen molar-refractivity contribution in [2.75, 3.05) is 4.90 Å². The molecule has 0 spiro atoms. The van der Waals surface area contributed by atoms with Crippen molar-refractivity contribution in [2.45, 2.75) is 57.7 Å². The Bertz CT molecular complexity index is 1220. The molecule has 1 aliphatic heterocycles. The van der Waals surface area contributed by atoms with Crippen LogP contribution in [0, 0.1) is 17.2 Å². The fourth-order valence-corrected chi connectivity index (χ4v) is 4.94. The van der Waals surface area contributed by atoms with Crippen LogP contribution in [0.1, 0.15) is 51.0 Å². The molecule has 0 aromatic carbocycles. The van der Waals surface area contributed by atoms with Gasteiger partial charge in [0.25, 0.3) is 0 Å². The number of fused-ring (bicyclic) bond motifs is 1. The average Bonchev–Trinajstić information content (AvgIpc) is 3.58. The second-order valence-corrected chi connectivity index (χ2v) is 8.33. The van der Waals surface area contributed by atoms with Crippen molar-refractivity contribution >= 4 is 28.7 Å². The van der Waals surface area contributed by atoms with Crippen molar-refractivity contribution < 1.29 is 14.7 Å². The molecule has 1 N–H and O–H groups in total. The highest BCUT2D eigenvalue weighted by Crippen LogP contribution is 2.40. The van der Waals surface area contributed by atoms with Crippen LogP contribution in [-0.4, -0.2) is 41.2 Å². The van der Waals surface area contributed by atoms with Gasteiger partial charge < -0.3 is 9.67 Å². The van der Waals surface area contributed by atoms with E-state index in [1.807, 2.05) is 0 Å². The summed E-state index contributed by atoms with van der Waals surface area (Å²) in [5.41, 5.74) is 1.61. The summed E-state index contributed by atoms with van der Waals surface area (Å²) in [4.78, 5) is 35.0. The Kier molecular flexibility index (Phi) is 5.19. The zero-order valence-electron chi connectivity index (χ0n) is 17.5. The molecule has 0 bridgehead atoms. The maximum absolute atomic E-state index is 12.6.